The number of alkyl halides is 13. The molecular weight excluding hydrogens is 382 g/mol. The SMILES string of the molecule is O=C(F)C(F)(OC(F)(F)C(F)(F)C(F)(F)C(F)(F)F)C(F)(F)F. The molecule has 0 rings (SSSR count). The van der Waals surface area contributed by atoms with E-state index in [1.165, 1.54) is 4.74 Å². The smallest absolute Gasteiger partial charge is 0.261 e. The van der Waals surface area contributed by atoms with Gasteiger partial charge in [0.05, 0.1) is 0 Å². The molecule has 2 nitrogen and oxygen atoms in total. The molecule has 1 atom stereocenters. The van der Waals surface area contributed by atoms with Crippen LogP contribution in [0.5, 0.6) is 0 Å². The minimum atomic E-state index is -7.84. The van der Waals surface area contributed by atoms with Gasteiger partial charge in [-0.15, -0.1) is 0 Å². The Morgan fingerprint density at radius 1 is 0.609 bits per heavy atom. The number of rotatable bonds is 5. The molecule has 0 saturated heterocycles. The summed E-state index contributed by atoms with van der Waals surface area (Å²) in [7, 11) is 0. The molecule has 0 fully saturated rings. The fourth-order valence-electron chi connectivity index (χ4n) is 0.811. The highest BCUT2D eigenvalue weighted by molar-refractivity contribution is 5.77. The van der Waals surface area contributed by atoms with E-state index in [9.17, 15) is 66.3 Å². The zero-order chi connectivity index (χ0) is 19.3. The summed E-state index contributed by atoms with van der Waals surface area (Å²) in [5, 5.41) is 0. The Labute approximate surface area is 115 Å². The molecule has 0 aromatic heterocycles. The van der Waals surface area contributed by atoms with Crippen LogP contribution in [0.25, 0.3) is 0 Å². The second-order valence-electron chi connectivity index (χ2n) is 3.63. The minimum Gasteiger partial charge on any atom is -0.261 e. The van der Waals surface area contributed by atoms with Gasteiger partial charge >= 0.3 is 42.2 Å². The van der Waals surface area contributed by atoms with Crippen LogP contribution in [-0.2, 0) is 9.53 Å². The highest BCUT2D eigenvalue weighted by atomic mass is 19.4. The fourth-order valence-corrected chi connectivity index (χ4v) is 0.811. The monoisotopic (exact) mass is 382 g/mol. The number of ether oxygens (including phenoxy) is 1. The van der Waals surface area contributed by atoms with Crippen molar-refractivity contribution in [3.8, 4) is 0 Å². The molecule has 23 heavy (non-hydrogen) atoms. The van der Waals surface area contributed by atoms with E-state index >= 15 is 0 Å². The topological polar surface area (TPSA) is 26.3 Å². The second-order valence-corrected chi connectivity index (χ2v) is 3.63. The van der Waals surface area contributed by atoms with E-state index in [4.69, 9.17) is 0 Å². The number of hydrogen-bond acceptors (Lipinski definition) is 2. The third-order valence-electron chi connectivity index (χ3n) is 2.00. The molecule has 0 spiro atoms. The van der Waals surface area contributed by atoms with E-state index in [2.05, 4.69) is 0 Å². The Hall–Kier alpha value is -1.35. The molecule has 0 aliphatic heterocycles. The van der Waals surface area contributed by atoms with Crippen molar-refractivity contribution in [1.29, 1.82) is 0 Å². The van der Waals surface area contributed by atoms with Crippen molar-refractivity contribution in [2.24, 2.45) is 0 Å². The summed E-state index contributed by atoms with van der Waals surface area (Å²) in [6, 6.07) is -4.55. The van der Waals surface area contributed by atoms with E-state index in [1.807, 2.05) is 0 Å². The summed E-state index contributed by atoms with van der Waals surface area (Å²) in [5.74, 6) is -22.5. The number of halogens is 14. The van der Waals surface area contributed by atoms with E-state index < -0.39 is 42.2 Å². The molecule has 0 aromatic carbocycles. The average molecular weight is 382 g/mol. The molecule has 16 heteroatoms. The summed E-state index contributed by atoms with van der Waals surface area (Å²) in [6.07, 6.45) is -22.2. The van der Waals surface area contributed by atoms with Gasteiger partial charge in [0.2, 0.25) is 0 Å². The highest BCUT2D eigenvalue weighted by Crippen LogP contribution is 2.55. The maximum atomic E-state index is 12.7. The zero-order valence-electron chi connectivity index (χ0n) is 9.61. The van der Waals surface area contributed by atoms with Crippen molar-refractivity contribution in [3.63, 3.8) is 0 Å². The van der Waals surface area contributed by atoms with Gasteiger partial charge in [0, 0.05) is 0 Å². The molecule has 138 valence electrons. The number of carbonyl (C=O) groups is 1. The van der Waals surface area contributed by atoms with Crippen molar-refractivity contribution >= 4 is 6.04 Å². The minimum absolute atomic E-state index is 1.42. The molecule has 0 aliphatic carbocycles. The van der Waals surface area contributed by atoms with Crippen LogP contribution in [0.3, 0.4) is 0 Å². The van der Waals surface area contributed by atoms with Crippen molar-refractivity contribution in [2.45, 2.75) is 36.2 Å². The van der Waals surface area contributed by atoms with Crippen molar-refractivity contribution in [3.05, 3.63) is 0 Å². The first-order chi connectivity index (χ1) is 9.65. The lowest BCUT2D eigenvalue weighted by molar-refractivity contribution is -0.482. The summed E-state index contributed by atoms with van der Waals surface area (Å²) in [6.45, 7) is 0. The van der Waals surface area contributed by atoms with Gasteiger partial charge in [-0.05, 0) is 0 Å². The maximum Gasteiger partial charge on any atom is 0.460 e. The molecule has 0 saturated carbocycles. The molecule has 0 amide bonds. The van der Waals surface area contributed by atoms with Crippen LogP contribution < -0.4 is 0 Å². The standard InChI is InChI=1S/C7F14O2/c8-1(22)2(9,5(14,15)16)23-7(20,21)4(12,13)3(10,11)6(17,18)19. The summed E-state index contributed by atoms with van der Waals surface area (Å²) >= 11 is 0. The molecule has 0 bridgehead atoms. The number of hydrogen-bond donors (Lipinski definition) is 0. The number of carbonyl (C=O) groups excluding carboxylic acids is 1. The molecular formula is C7F14O2. The Bertz CT molecular complexity index is 461. The van der Waals surface area contributed by atoms with Gasteiger partial charge in [-0.25, -0.2) is 0 Å². The Balaban J connectivity index is 6.04. The van der Waals surface area contributed by atoms with E-state index in [0.29, 0.717) is 0 Å². The lowest BCUT2D eigenvalue weighted by Gasteiger charge is -2.35. The first kappa shape index (κ1) is 21.6. The van der Waals surface area contributed by atoms with Gasteiger partial charge in [-0.2, -0.15) is 61.5 Å². The predicted octanol–water partition coefficient (Wildman–Crippen LogP) is 4.15. The van der Waals surface area contributed by atoms with E-state index in [-0.39, 0.29) is 0 Å². The highest BCUT2D eigenvalue weighted by Gasteiger charge is 2.85. The third kappa shape index (κ3) is 3.30. The van der Waals surface area contributed by atoms with Gasteiger partial charge in [-0.3, -0.25) is 9.53 Å². The van der Waals surface area contributed by atoms with Gasteiger partial charge in [0.15, 0.2) is 0 Å². The van der Waals surface area contributed by atoms with Gasteiger partial charge in [0.25, 0.3) is 0 Å². The molecule has 0 heterocycles. The Kier molecular flexibility index (Phi) is 5.02. The van der Waals surface area contributed by atoms with Gasteiger partial charge in [0.1, 0.15) is 0 Å². The molecule has 0 radical (unpaired) electrons. The van der Waals surface area contributed by atoms with Crippen LogP contribution in [0, 0.1) is 0 Å². The molecule has 0 N–H and O–H groups in total. The van der Waals surface area contributed by atoms with Gasteiger partial charge < -0.3 is 0 Å². The van der Waals surface area contributed by atoms with Crippen molar-refractivity contribution in [2.75, 3.05) is 0 Å². The van der Waals surface area contributed by atoms with Crippen molar-refractivity contribution in [1.82, 2.24) is 0 Å². The van der Waals surface area contributed by atoms with E-state index in [0.717, 1.165) is 0 Å². The summed E-state index contributed by atoms with van der Waals surface area (Å²) in [5.41, 5.74) is 0. The lowest BCUT2D eigenvalue weighted by atomic mass is 10.1. The maximum absolute atomic E-state index is 12.7. The van der Waals surface area contributed by atoms with Crippen LogP contribution in [0.1, 0.15) is 0 Å². The van der Waals surface area contributed by atoms with Crippen LogP contribution in [-0.4, -0.2) is 42.2 Å². The normalized spacial score (nSPS) is 17.8. The second kappa shape index (κ2) is 5.34. The summed E-state index contributed by atoms with van der Waals surface area (Å²) < 4.78 is 171. The third-order valence-corrected chi connectivity index (χ3v) is 2.00. The van der Waals surface area contributed by atoms with Crippen LogP contribution in [0.15, 0.2) is 0 Å². The summed E-state index contributed by atoms with van der Waals surface area (Å²) in [4.78, 5) is 9.69. The average Bonchev–Trinajstić information content (AvgIpc) is 2.24. The fraction of sp³-hybridized carbons (Fsp3) is 0.857. The molecule has 0 aliphatic rings. The molecule has 0 aromatic rings. The molecule has 1 unspecified atom stereocenters. The lowest BCUT2D eigenvalue weighted by Crippen LogP contribution is -2.65. The van der Waals surface area contributed by atoms with E-state index in [1.54, 1.807) is 0 Å². The van der Waals surface area contributed by atoms with Crippen LogP contribution in [0.2, 0.25) is 0 Å². The Morgan fingerprint density at radius 2 is 0.957 bits per heavy atom. The zero-order valence-corrected chi connectivity index (χ0v) is 9.61. The first-order valence-corrected chi connectivity index (χ1v) is 4.51. The van der Waals surface area contributed by atoms with Crippen molar-refractivity contribution < 1.29 is 71.0 Å². The largest absolute Gasteiger partial charge is 0.460 e. The predicted molar refractivity (Wildman–Crippen MR) is 38.0 cm³/mol. The van der Waals surface area contributed by atoms with Crippen LogP contribution in [0.4, 0.5) is 61.5 Å². The Morgan fingerprint density at radius 3 is 1.17 bits per heavy atom. The van der Waals surface area contributed by atoms with Gasteiger partial charge in [-0.1, -0.05) is 0 Å². The first-order valence-electron chi connectivity index (χ1n) is 4.51. The van der Waals surface area contributed by atoms with Crippen LogP contribution >= 0.6 is 0 Å². The quantitative estimate of drug-likeness (QED) is 0.528.